The van der Waals surface area contributed by atoms with Gasteiger partial charge in [-0.3, -0.25) is 9.88 Å². The lowest BCUT2D eigenvalue weighted by Crippen LogP contribution is -2.56. The van der Waals surface area contributed by atoms with Crippen molar-refractivity contribution < 1.29 is 28.7 Å². The highest BCUT2D eigenvalue weighted by Gasteiger charge is 2.39. The van der Waals surface area contributed by atoms with E-state index < -0.39 is 12.6 Å². The van der Waals surface area contributed by atoms with Crippen molar-refractivity contribution in [2.24, 2.45) is 16.2 Å². The van der Waals surface area contributed by atoms with Gasteiger partial charge in [-0.15, -0.1) is 5.10 Å². The lowest BCUT2D eigenvalue weighted by Gasteiger charge is -2.46. The maximum atomic E-state index is 9.55. The number of benzene rings is 1. The highest BCUT2D eigenvalue weighted by molar-refractivity contribution is 5.58. The second kappa shape index (κ2) is 16.3. The molecule has 13 nitrogen and oxygen atoms in total. The average molecular weight is 750 g/mol. The Morgan fingerprint density at radius 1 is 0.927 bits per heavy atom. The standard InChI is InChI=1S/C42H53N8O5/c1-7-34-17-33(12-9-15-47-23-41(5,24-47)26-51)18-43-39(34)36-20-49(22-38-52-27-40(3,4)28-53-38)50(45-36)25-42(6)29-54-37(55-30-42)21-48-19-35(44-46-48)14-13-32-11-8-10-31(2)16-32/h8,10-11,16-20,37-38,51H,7,15,21-30H2,1-6H3/q+1. The van der Waals surface area contributed by atoms with Crippen LogP contribution in [0.1, 0.15) is 62.6 Å². The Balaban J connectivity index is 1.02. The Hall–Kier alpha value is -4.47. The lowest BCUT2D eigenvalue weighted by molar-refractivity contribution is -0.792. The molecule has 3 aromatic heterocycles. The Kier molecular flexibility index (Phi) is 11.5. The predicted octanol–water partition coefficient (Wildman–Crippen LogP) is 3.24. The molecule has 0 bridgehead atoms. The molecule has 3 saturated heterocycles. The molecule has 3 aliphatic heterocycles. The quantitative estimate of drug-likeness (QED) is 0.191. The fourth-order valence-electron chi connectivity index (χ4n) is 7.03. The summed E-state index contributed by atoms with van der Waals surface area (Å²) < 4.78 is 28.6. The van der Waals surface area contributed by atoms with E-state index >= 15 is 0 Å². The molecule has 0 radical (unpaired) electrons. The minimum atomic E-state index is -0.468. The number of nitrogens with zero attached hydrogens (tertiary/aromatic N) is 8. The molecular formula is C42H53N8O5+. The van der Waals surface area contributed by atoms with Gasteiger partial charge in [-0.05, 0) is 53.4 Å². The number of aliphatic hydroxyl groups excluding tert-OH is 1. The molecule has 0 spiro atoms. The van der Waals surface area contributed by atoms with E-state index in [-0.39, 0.29) is 22.9 Å². The van der Waals surface area contributed by atoms with E-state index in [4.69, 9.17) is 29.0 Å². The van der Waals surface area contributed by atoms with Crippen molar-refractivity contribution in [1.29, 1.82) is 0 Å². The van der Waals surface area contributed by atoms with E-state index in [2.05, 4.69) is 84.3 Å². The van der Waals surface area contributed by atoms with Crippen LogP contribution in [-0.4, -0.2) is 105 Å². The molecule has 13 heteroatoms. The number of aliphatic hydroxyl groups is 1. The summed E-state index contributed by atoms with van der Waals surface area (Å²) >= 11 is 0. The van der Waals surface area contributed by atoms with Gasteiger partial charge >= 0.3 is 0 Å². The first-order valence-electron chi connectivity index (χ1n) is 19.1. The van der Waals surface area contributed by atoms with Gasteiger partial charge in [0.2, 0.25) is 0 Å². The van der Waals surface area contributed by atoms with Crippen LogP contribution in [0.2, 0.25) is 0 Å². The number of ether oxygens (including phenoxy) is 4. The van der Waals surface area contributed by atoms with Crippen molar-refractivity contribution in [3.05, 3.63) is 76.9 Å². The largest absolute Gasteiger partial charge is 0.396 e. The summed E-state index contributed by atoms with van der Waals surface area (Å²) in [6, 6.07) is 10.2. The molecule has 0 aliphatic carbocycles. The molecule has 1 aromatic carbocycles. The molecule has 0 amide bonds. The number of aryl methyl sites for hydroxylation is 2. The van der Waals surface area contributed by atoms with Crippen LogP contribution in [0.4, 0.5) is 0 Å². The van der Waals surface area contributed by atoms with Gasteiger partial charge in [-0.1, -0.05) is 69.7 Å². The normalized spacial score (nSPS) is 22.3. The average Bonchev–Trinajstić information content (AvgIpc) is 3.77. The molecule has 0 saturated carbocycles. The van der Waals surface area contributed by atoms with Gasteiger partial charge in [0.05, 0.1) is 52.3 Å². The summed E-state index contributed by atoms with van der Waals surface area (Å²) in [5.41, 5.74) is 5.82. The van der Waals surface area contributed by atoms with Gasteiger partial charge in [-0.25, -0.2) is 4.68 Å². The van der Waals surface area contributed by atoms with Gasteiger partial charge in [0.15, 0.2) is 31.0 Å². The molecular weight excluding hydrogens is 697 g/mol. The molecule has 6 heterocycles. The first-order chi connectivity index (χ1) is 26.4. The van der Waals surface area contributed by atoms with Crippen LogP contribution in [-0.2, 0) is 45.0 Å². The predicted molar refractivity (Wildman–Crippen MR) is 204 cm³/mol. The fraction of sp³-hybridized carbons (Fsp3) is 0.548. The molecule has 3 aliphatic rings. The highest BCUT2D eigenvalue weighted by Crippen LogP contribution is 2.29. The Bertz CT molecular complexity index is 2080. The SMILES string of the molecule is CCc1cc(C#CCN2CC(C)(CO)C2)cnc1-c1c[n+](CC2OCC(C)(C)CO2)n(CC2(C)COC(Cn3cc(C#Cc4cccc(C)c4)nn3)OC2)n1. The summed E-state index contributed by atoms with van der Waals surface area (Å²) in [6.07, 6.45) is 5.58. The second-order valence-corrected chi connectivity index (χ2v) is 16.8. The smallest absolute Gasteiger partial charge is 0.267 e. The second-order valence-electron chi connectivity index (χ2n) is 16.8. The first kappa shape index (κ1) is 38.8. The number of likely N-dealkylation sites (tertiary alicyclic amines) is 1. The zero-order valence-electron chi connectivity index (χ0n) is 32.9. The minimum Gasteiger partial charge on any atom is -0.396 e. The van der Waals surface area contributed by atoms with Crippen LogP contribution in [0.15, 0.2) is 48.9 Å². The fourth-order valence-corrected chi connectivity index (χ4v) is 7.03. The number of hydrogen-bond donors (Lipinski definition) is 1. The molecule has 3 fully saturated rings. The first-order valence-corrected chi connectivity index (χ1v) is 19.1. The van der Waals surface area contributed by atoms with Crippen LogP contribution in [0.5, 0.6) is 0 Å². The van der Waals surface area contributed by atoms with Gasteiger partial charge in [0.1, 0.15) is 12.2 Å². The van der Waals surface area contributed by atoms with Crippen molar-refractivity contribution in [3.63, 3.8) is 0 Å². The van der Waals surface area contributed by atoms with E-state index in [1.807, 2.05) is 54.6 Å². The summed E-state index contributed by atoms with van der Waals surface area (Å²) in [4.78, 5) is 9.10. The summed E-state index contributed by atoms with van der Waals surface area (Å²) in [6.45, 7) is 18.9. The van der Waals surface area contributed by atoms with Crippen LogP contribution in [0.25, 0.3) is 11.4 Å². The molecule has 0 unspecified atom stereocenters. The molecule has 4 aromatic rings. The van der Waals surface area contributed by atoms with Crippen LogP contribution in [0, 0.1) is 46.9 Å². The third-order valence-electron chi connectivity index (χ3n) is 10.2. The number of pyridine rings is 1. The Morgan fingerprint density at radius 3 is 2.42 bits per heavy atom. The van der Waals surface area contributed by atoms with Crippen LogP contribution in [0.3, 0.4) is 0 Å². The molecule has 7 rings (SSSR count). The van der Waals surface area contributed by atoms with E-state index in [1.165, 1.54) is 0 Å². The summed E-state index contributed by atoms with van der Waals surface area (Å²) in [5.74, 6) is 12.8. The highest BCUT2D eigenvalue weighted by atomic mass is 16.7. The zero-order valence-corrected chi connectivity index (χ0v) is 32.9. The monoisotopic (exact) mass is 749 g/mol. The van der Waals surface area contributed by atoms with Crippen molar-refractivity contribution in [3.8, 4) is 35.1 Å². The maximum absolute atomic E-state index is 9.55. The lowest BCUT2D eigenvalue weighted by atomic mass is 9.83. The Labute approximate surface area is 323 Å². The van der Waals surface area contributed by atoms with Gasteiger partial charge in [0, 0.05) is 51.8 Å². The zero-order chi connectivity index (χ0) is 38.6. The molecule has 290 valence electrons. The number of hydrogen-bond acceptors (Lipinski definition) is 10. The van der Waals surface area contributed by atoms with E-state index in [0.29, 0.717) is 58.3 Å². The Morgan fingerprint density at radius 2 is 1.69 bits per heavy atom. The van der Waals surface area contributed by atoms with Crippen LogP contribution >= 0.6 is 0 Å². The molecule has 0 atom stereocenters. The van der Waals surface area contributed by atoms with Crippen molar-refractivity contribution in [1.82, 2.24) is 34.8 Å². The number of rotatable bonds is 10. The topological polar surface area (TPSA) is 126 Å². The van der Waals surface area contributed by atoms with E-state index in [9.17, 15) is 5.11 Å². The summed E-state index contributed by atoms with van der Waals surface area (Å²) in [5, 5.41) is 23.1. The van der Waals surface area contributed by atoms with Crippen molar-refractivity contribution >= 4 is 0 Å². The third-order valence-corrected chi connectivity index (χ3v) is 10.2. The number of aromatic nitrogens is 7. The van der Waals surface area contributed by atoms with Gasteiger partial charge < -0.3 is 24.1 Å². The molecule has 1 N–H and O–H groups in total. The van der Waals surface area contributed by atoms with Crippen LogP contribution < -0.4 is 4.68 Å². The van der Waals surface area contributed by atoms with E-state index in [1.54, 1.807) is 4.68 Å². The third kappa shape index (κ3) is 9.86. The van der Waals surface area contributed by atoms with E-state index in [0.717, 1.165) is 53.2 Å². The van der Waals surface area contributed by atoms with Gasteiger partial charge in [-0.2, -0.15) is 4.68 Å². The minimum absolute atomic E-state index is 0.00843. The maximum Gasteiger partial charge on any atom is 0.267 e. The van der Waals surface area contributed by atoms with Gasteiger partial charge in [0.25, 0.3) is 5.69 Å². The van der Waals surface area contributed by atoms with Crippen molar-refractivity contribution in [2.75, 3.05) is 52.7 Å². The summed E-state index contributed by atoms with van der Waals surface area (Å²) in [7, 11) is 0. The van der Waals surface area contributed by atoms with Crippen molar-refractivity contribution in [2.45, 2.75) is 80.2 Å². The molecule has 55 heavy (non-hydrogen) atoms.